The molecule has 1 aromatic rings. The normalized spacial score (nSPS) is 12.4. The van der Waals surface area contributed by atoms with E-state index in [0.29, 0.717) is 18.1 Å². The highest BCUT2D eigenvalue weighted by molar-refractivity contribution is 5.75. The molecule has 0 saturated carbocycles. The van der Waals surface area contributed by atoms with Gasteiger partial charge in [0.2, 0.25) is 0 Å². The molecule has 1 rings (SSSR count). The quantitative estimate of drug-likeness (QED) is 0.796. The van der Waals surface area contributed by atoms with Gasteiger partial charge in [-0.2, -0.15) is 0 Å². The van der Waals surface area contributed by atoms with E-state index in [-0.39, 0.29) is 5.78 Å². The molecule has 0 heterocycles. The van der Waals surface area contributed by atoms with Crippen LogP contribution in [0.4, 0.5) is 0 Å². The minimum Gasteiger partial charge on any atom is -0.508 e. The summed E-state index contributed by atoms with van der Waals surface area (Å²) in [6.07, 6.45) is 1.33. The van der Waals surface area contributed by atoms with Gasteiger partial charge in [-0.15, -0.1) is 0 Å². The number of benzene rings is 1. The van der Waals surface area contributed by atoms with Crippen LogP contribution in [0.2, 0.25) is 0 Å². The highest BCUT2D eigenvalue weighted by Gasteiger charge is 2.08. The number of hydrogen-bond donors (Lipinski definition) is 1. The van der Waals surface area contributed by atoms with Crippen molar-refractivity contribution >= 4 is 5.78 Å². The Bertz CT molecular complexity index is 318. The SMILES string of the molecule is CC(=O)CC(C)Cc1ccccc1O. The van der Waals surface area contributed by atoms with Gasteiger partial charge in [0.15, 0.2) is 0 Å². The van der Waals surface area contributed by atoms with Gasteiger partial charge in [-0.1, -0.05) is 25.1 Å². The Balaban J connectivity index is 2.60. The van der Waals surface area contributed by atoms with Crippen LogP contribution >= 0.6 is 0 Å². The second-order valence-corrected chi connectivity index (χ2v) is 3.84. The Labute approximate surface area is 84.6 Å². The number of para-hydroxylation sites is 1. The summed E-state index contributed by atoms with van der Waals surface area (Å²) in [4.78, 5) is 10.9. The maximum Gasteiger partial charge on any atom is 0.130 e. The number of Topliss-reactive ketones (excluding diaryl/α,β-unsaturated/α-hetero) is 1. The lowest BCUT2D eigenvalue weighted by molar-refractivity contribution is -0.117. The van der Waals surface area contributed by atoms with E-state index < -0.39 is 0 Å². The molecule has 0 aliphatic heterocycles. The molecule has 0 aliphatic carbocycles. The Morgan fingerprint density at radius 3 is 2.64 bits per heavy atom. The fraction of sp³-hybridized carbons (Fsp3) is 0.417. The Kier molecular flexibility index (Phi) is 3.69. The number of phenols is 1. The molecule has 76 valence electrons. The van der Waals surface area contributed by atoms with Crippen molar-refractivity contribution in [1.82, 2.24) is 0 Å². The van der Waals surface area contributed by atoms with Gasteiger partial charge >= 0.3 is 0 Å². The van der Waals surface area contributed by atoms with Crippen molar-refractivity contribution in [3.63, 3.8) is 0 Å². The maximum absolute atomic E-state index is 10.9. The lowest BCUT2D eigenvalue weighted by Gasteiger charge is -2.10. The summed E-state index contributed by atoms with van der Waals surface area (Å²) in [5.41, 5.74) is 0.918. The highest BCUT2D eigenvalue weighted by atomic mass is 16.3. The topological polar surface area (TPSA) is 37.3 Å². The first-order valence-corrected chi connectivity index (χ1v) is 4.86. The number of carbonyl (C=O) groups is 1. The van der Waals surface area contributed by atoms with Gasteiger partial charge in [0, 0.05) is 6.42 Å². The van der Waals surface area contributed by atoms with Gasteiger partial charge in [0.05, 0.1) is 0 Å². The number of aromatic hydroxyl groups is 1. The Morgan fingerprint density at radius 1 is 1.43 bits per heavy atom. The molecule has 1 atom stereocenters. The smallest absolute Gasteiger partial charge is 0.130 e. The molecule has 1 unspecified atom stereocenters. The van der Waals surface area contributed by atoms with Crippen molar-refractivity contribution in [1.29, 1.82) is 0 Å². The number of phenolic OH excluding ortho intramolecular Hbond substituents is 1. The number of carbonyl (C=O) groups excluding carboxylic acids is 1. The van der Waals surface area contributed by atoms with Crippen LogP contribution in [0.1, 0.15) is 25.8 Å². The Hall–Kier alpha value is -1.31. The van der Waals surface area contributed by atoms with Crippen LogP contribution in [0.15, 0.2) is 24.3 Å². The predicted molar refractivity (Wildman–Crippen MR) is 56.3 cm³/mol. The molecular weight excluding hydrogens is 176 g/mol. The zero-order valence-corrected chi connectivity index (χ0v) is 8.66. The van der Waals surface area contributed by atoms with Gasteiger partial charge < -0.3 is 9.90 Å². The summed E-state index contributed by atoms with van der Waals surface area (Å²) in [7, 11) is 0. The molecule has 0 aliphatic rings. The molecule has 14 heavy (non-hydrogen) atoms. The standard InChI is InChI=1S/C12H16O2/c1-9(7-10(2)13)8-11-5-3-4-6-12(11)14/h3-6,9,14H,7-8H2,1-2H3. The first-order chi connectivity index (χ1) is 6.59. The largest absolute Gasteiger partial charge is 0.508 e. The molecule has 1 aromatic carbocycles. The minimum absolute atomic E-state index is 0.202. The van der Waals surface area contributed by atoms with E-state index in [1.807, 2.05) is 19.1 Å². The zero-order chi connectivity index (χ0) is 10.6. The van der Waals surface area contributed by atoms with Crippen molar-refractivity contribution in [3.05, 3.63) is 29.8 Å². The second kappa shape index (κ2) is 4.80. The second-order valence-electron chi connectivity index (χ2n) is 3.84. The molecule has 1 N–H and O–H groups in total. The first-order valence-electron chi connectivity index (χ1n) is 4.86. The van der Waals surface area contributed by atoms with E-state index in [2.05, 4.69) is 0 Å². The van der Waals surface area contributed by atoms with Crippen LogP contribution in [0, 0.1) is 5.92 Å². The highest BCUT2D eigenvalue weighted by Crippen LogP contribution is 2.20. The summed E-state index contributed by atoms with van der Waals surface area (Å²) in [5.74, 6) is 0.816. The van der Waals surface area contributed by atoms with Gasteiger partial charge in [0.1, 0.15) is 11.5 Å². The zero-order valence-electron chi connectivity index (χ0n) is 8.66. The summed E-state index contributed by atoms with van der Waals surface area (Å²) in [6.45, 7) is 3.62. The molecule has 2 heteroatoms. The fourth-order valence-corrected chi connectivity index (χ4v) is 1.62. The third kappa shape index (κ3) is 3.21. The first kappa shape index (κ1) is 10.8. The van der Waals surface area contributed by atoms with E-state index in [4.69, 9.17) is 0 Å². The van der Waals surface area contributed by atoms with Gasteiger partial charge in [-0.05, 0) is 30.9 Å². The van der Waals surface area contributed by atoms with Crippen molar-refractivity contribution in [2.45, 2.75) is 26.7 Å². The summed E-state index contributed by atoms with van der Waals surface area (Å²) < 4.78 is 0. The summed E-state index contributed by atoms with van der Waals surface area (Å²) >= 11 is 0. The summed E-state index contributed by atoms with van der Waals surface area (Å²) in [5, 5.41) is 9.51. The number of rotatable bonds is 4. The van der Waals surface area contributed by atoms with Gasteiger partial charge in [-0.25, -0.2) is 0 Å². The van der Waals surface area contributed by atoms with E-state index in [9.17, 15) is 9.90 Å². The molecule has 0 radical (unpaired) electrons. The van der Waals surface area contributed by atoms with Crippen LogP contribution in [0.5, 0.6) is 5.75 Å². The molecule has 0 amide bonds. The van der Waals surface area contributed by atoms with Crippen molar-refractivity contribution in [2.75, 3.05) is 0 Å². The lowest BCUT2D eigenvalue weighted by atomic mass is 9.96. The van der Waals surface area contributed by atoms with Gasteiger partial charge in [-0.3, -0.25) is 0 Å². The van der Waals surface area contributed by atoms with E-state index in [1.54, 1.807) is 19.1 Å². The third-order valence-electron chi connectivity index (χ3n) is 2.20. The van der Waals surface area contributed by atoms with Crippen LogP contribution in [0.25, 0.3) is 0 Å². The molecular formula is C12H16O2. The van der Waals surface area contributed by atoms with Crippen molar-refractivity contribution in [3.8, 4) is 5.75 Å². The predicted octanol–water partition coefficient (Wildman–Crippen LogP) is 2.55. The number of hydrogen-bond acceptors (Lipinski definition) is 2. The molecule has 0 spiro atoms. The van der Waals surface area contributed by atoms with E-state index in [1.165, 1.54) is 0 Å². The van der Waals surface area contributed by atoms with Crippen molar-refractivity contribution in [2.24, 2.45) is 5.92 Å². The van der Waals surface area contributed by atoms with E-state index >= 15 is 0 Å². The summed E-state index contributed by atoms with van der Waals surface area (Å²) in [6, 6.07) is 7.27. The third-order valence-corrected chi connectivity index (χ3v) is 2.20. The lowest BCUT2D eigenvalue weighted by Crippen LogP contribution is -2.05. The van der Waals surface area contributed by atoms with Crippen molar-refractivity contribution < 1.29 is 9.90 Å². The minimum atomic E-state index is 0.202. The fourth-order valence-electron chi connectivity index (χ4n) is 1.62. The van der Waals surface area contributed by atoms with Gasteiger partial charge in [0.25, 0.3) is 0 Å². The molecule has 0 saturated heterocycles. The Morgan fingerprint density at radius 2 is 2.07 bits per heavy atom. The monoisotopic (exact) mass is 192 g/mol. The van der Waals surface area contributed by atoms with E-state index in [0.717, 1.165) is 12.0 Å². The molecule has 0 bridgehead atoms. The van der Waals surface area contributed by atoms with Crippen LogP contribution in [-0.4, -0.2) is 10.9 Å². The average molecular weight is 192 g/mol. The van der Waals surface area contributed by atoms with Crippen LogP contribution < -0.4 is 0 Å². The maximum atomic E-state index is 10.9. The van der Waals surface area contributed by atoms with Crippen LogP contribution in [0.3, 0.4) is 0 Å². The van der Waals surface area contributed by atoms with Crippen LogP contribution in [-0.2, 0) is 11.2 Å². The average Bonchev–Trinajstić information content (AvgIpc) is 2.07. The molecule has 2 nitrogen and oxygen atoms in total. The molecule has 0 aromatic heterocycles. The number of ketones is 1. The molecule has 0 fully saturated rings.